The van der Waals surface area contributed by atoms with E-state index in [0.29, 0.717) is 12.1 Å². The van der Waals surface area contributed by atoms with Gasteiger partial charge in [0.2, 0.25) is 0 Å². The summed E-state index contributed by atoms with van der Waals surface area (Å²) in [5, 5.41) is 0. The van der Waals surface area contributed by atoms with Crippen LogP contribution in [0.25, 0.3) is 0 Å². The predicted molar refractivity (Wildman–Crippen MR) is 69.5 cm³/mol. The third-order valence-corrected chi connectivity index (χ3v) is 3.78. The number of benzene rings is 1. The van der Waals surface area contributed by atoms with Crippen LogP contribution >= 0.6 is 0 Å². The summed E-state index contributed by atoms with van der Waals surface area (Å²) >= 11 is 0. The minimum atomic E-state index is 0.199. The molecule has 1 saturated carbocycles. The van der Waals surface area contributed by atoms with E-state index in [0.717, 1.165) is 44.5 Å². The molecule has 0 radical (unpaired) electrons. The molecular weight excluding hydrogens is 226 g/mol. The summed E-state index contributed by atoms with van der Waals surface area (Å²) in [6.07, 6.45) is 4.29. The van der Waals surface area contributed by atoms with Crippen molar-refractivity contribution < 1.29 is 9.53 Å². The van der Waals surface area contributed by atoms with E-state index in [1.54, 1.807) is 0 Å². The molecule has 18 heavy (non-hydrogen) atoms. The van der Waals surface area contributed by atoms with Crippen LogP contribution in [0.2, 0.25) is 0 Å². The van der Waals surface area contributed by atoms with Crippen LogP contribution in [0.1, 0.15) is 36.0 Å². The summed E-state index contributed by atoms with van der Waals surface area (Å²) in [7, 11) is 0. The average molecular weight is 245 g/mol. The maximum Gasteiger partial charge on any atom is 0.254 e. The number of ether oxygens (including phenoxy) is 1. The molecule has 0 unspecified atom stereocenters. The maximum absolute atomic E-state index is 12.6. The minimum Gasteiger partial charge on any atom is -0.381 e. The van der Waals surface area contributed by atoms with Crippen molar-refractivity contribution in [2.45, 2.75) is 37.8 Å². The zero-order chi connectivity index (χ0) is 12.4. The van der Waals surface area contributed by atoms with E-state index in [4.69, 9.17) is 4.74 Å². The summed E-state index contributed by atoms with van der Waals surface area (Å²) in [6.45, 7) is 1.58. The van der Waals surface area contributed by atoms with Crippen molar-refractivity contribution in [3.05, 3.63) is 35.9 Å². The lowest BCUT2D eigenvalue weighted by Gasteiger charge is -2.34. The van der Waals surface area contributed by atoms with Crippen LogP contribution in [0.15, 0.2) is 30.3 Å². The normalized spacial score (nSPS) is 20.7. The Kier molecular flexibility index (Phi) is 3.33. The molecule has 1 amide bonds. The second-order valence-electron chi connectivity index (χ2n) is 5.15. The van der Waals surface area contributed by atoms with Crippen molar-refractivity contribution in [2.24, 2.45) is 0 Å². The fraction of sp³-hybridized carbons (Fsp3) is 0.533. The van der Waals surface area contributed by atoms with Crippen molar-refractivity contribution in [3.8, 4) is 0 Å². The van der Waals surface area contributed by atoms with E-state index in [1.165, 1.54) is 0 Å². The lowest BCUT2D eigenvalue weighted by molar-refractivity contribution is 0.0267. The first-order chi connectivity index (χ1) is 8.86. The Morgan fingerprint density at radius 1 is 1.00 bits per heavy atom. The molecule has 2 fully saturated rings. The van der Waals surface area contributed by atoms with Gasteiger partial charge < -0.3 is 9.64 Å². The van der Waals surface area contributed by atoms with Gasteiger partial charge in [-0.3, -0.25) is 4.79 Å². The summed E-state index contributed by atoms with van der Waals surface area (Å²) in [5.74, 6) is 0.199. The molecule has 1 aliphatic carbocycles. The lowest BCUT2D eigenvalue weighted by atomic mass is 10.0. The van der Waals surface area contributed by atoms with Crippen molar-refractivity contribution in [1.82, 2.24) is 4.90 Å². The Morgan fingerprint density at radius 2 is 1.61 bits per heavy atom. The van der Waals surface area contributed by atoms with E-state index in [2.05, 4.69) is 4.90 Å². The Bertz CT molecular complexity index is 408. The number of carbonyl (C=O) groups is 1. The van der Waals surface area contributed by atoms with Gasteiger partial charge >= 0.3 is 0 Å². The van der Waals surface area contributed by atoms with Crippen LogP contribution in [0.4, 0.5) is 0 Å². The van der Waals surface area contributed by atoms with E-state index in [9.17, 15) is 4.79 Å². The minimum absolute atomic E-state index is 0.199. The fourth-order valence-electron chi connectivity index (χ4n) is 2.68. The summed E-state index contributed by atoms with van der Waals surface area (Å²) in [4.78, 5) is 14.7. The topological polar surface area (TPSA) is 29.5 Å². The zero-order valence-electron chi connectivity index (χ0n) is 10.5. The first-order valence-corrected chi connectivity index (χ1v) is 6.82. The highest BCUT2D eigenvalue weighted by molar-refractivity contribution is 5.94. The van der Waals surface area contributed by atoms with Gasteiger partial charge in [-0.25, -0.2) is 0 Å². The molecule has 3 nitrogen and oxygen atoms in total. The molecule has 2 aliphatic rings. The molecule has 0 bridgehead atoms. The molecular formula is C15H19NO2. The zero-order valence-corrected chi connectivity index (χ0v) is 10.5. The average Bonchev–Trinajstić information content (AvgIpc) is 3.26. The van der Waals surface area contributed by atoms with E-state index in [1.807, 2.05) is 30.3 Å². The lowest BCUT2D eigenvalue weighted by Crippen LogP contribution is -2.44. The van der Waals surface area contributed by atoms with Gasteiger partial charge in [0.15, 0.2) is 0 Å². The van der Waals surface area contributed by atoms with Crippen molar-refractivity contribution in [2.75, 3.05) is 13.2 Å². The molecule has 0 aromatic heterocycles. The fourth-order valence-corrected chi connectivity index (χ4v) is 2.68. The van der Waals surface area contributed by atoms with Crippen LogP contribution < -0.4 is 0 Å². The molecule has 1 aliphatic heterocycles. The van der Waals surface area contributed by atoms with Crippen LogP contribution in [0.3, 0.4) is 0 Å². The molecule has 1 saturated heterocycles. The molecule has 0 N–H and O–H groups in total. The van der Waals surface area contributed by atoms with E-state index in [-0.39, 0.29) is 5.91 Å². The number of rotatable bonds is 3. The SMILES string of the molecule is O=C(c1ccccc1)N(C1CCOCC1)C1CC1. The van der Waals surface area contributed by atoms with Gasteiger partial charge in [-0.1, -0.05) is 18.2 Å². The van der Waals surface area contributed by atoms with Crippen molar-refractivity contribution in [3.63, 3.8) is 0 Å². The highest BCUT2D eigenvalue weighted by atomic mass is 16.5. The Balaban J connectivity index is 1.79. The van der Waals surface area contributed by atoms with E-state index >= 15 is 0 Å². The van der Waals surface area contributed by atoms with E-state index < -0.39 is 0 Å². The number of nitrogens with zero attached hydrogens (tertiary/aromatic N) is 1. The van der Waals surface area contributed by atoms with Gasteiger partial charge in [-0.15, -0.1) is 0 Å². The van der Waals surface area contributed by atoms with Gasteiger partial charge in [-0.2, -0.15) is 0 Å². The molecule has 1 aromatic rings. The summed E-state index contributed by atoms with van der Waals surface area (Å²) in [5.41, 5.74) is 0.816. The molecule has 0 atom stereocenters. The molecule has 3 heteroatoms. The molecule has 3 rings (SSSR count). The first-order valence-electron chi connectivity index (χ1n) is 6.82. The van der Waals surface area contributed by atoms with Crippen LogP contribution in [0.5, 0.6) is 0 Å². The standard InChI is InChI=1S/C15H19NO2/c17-15(12-4-2-1-3-5-12)16(13-6-7-13)14-8-10-18-11-9-14/h1-5,13-14H,6-11H2. The third kappa shape index (κ3) is 2.41. The highest BCUT2D eigenvalue weighted by Gasteiger charge is 2.38. The Labute approximate surface area is 108 Å². The third-order valence-electron chi connectivity index (χ3n) is 3.78. The maximum atomic E-state index is 12.6. The summed E-state index contributed by atoms with van der Waals surface area (Å²) < 4.78 is 5.40. The number of carbonyl (C=O) groups excluding carboxylic acids is 1. The number of hydrogen-bond donors (Lipinski definition) is 0. The number of hydrogen-bond acceptors (Lipinski definition) is 2. The van der Waals surface area contributed by atoms with Crippen LogP contribution in [-0.2, 0) is 4.74 Å². The van der Waals surface area contributed by atoms with Gasteiger partial charge in [0.05, 0.1) is 0 Å². The smallest absolute Gasteiger partial charge is 0.254 e. The highest BCUT2D eigenvalue weighted by Crippen LogP contribution is 2.32. The van der Waals surface area contributed by atoms with Crippen molar-refractivity contribution in [1.29, 1.82) is 0 Å². The van der Waals surface area contributed by atoms with Crippen molar-refractivity contribution >= 4 is 5.91 Å². The predicted octanol–water partition coefficient (Wildman–Crippen LogP) is 2.47. The molecule has 0 spiro atoms. The van der Waals surface area contributed by atoms with Gasteiger partial charge in [-0.05, 0) is 37.8 Å². The monoisotopic (exact) mass is 245 g/mol. The second kappa shape index (κ2) is 5.11. The van der Waals surface area contributed by atoms with Crippen LogP contribution in [-0.4, -0.2) is 36.1 Å². The molecule has 1 heterocycles. The Morgan fingerprint density at radius 3 is 2.22 bits per heavy atom. The Hall–Kier alpha value is -1.35. The van der Waals surface area contributed by atoms with Gasteiger partial charge in [0.25, 0.3) is 5.91 Å². The first kappa shape index (κ1) is 11.7. The quantitative estimate of drug-likeness (QED) is 0.818. The second-order valence-corrected chi connectivity index (χ2v) is 5.15. The number of amides is 1. The largest absolute Gasteiger partial charge is 0.381 e. The molecule has 1 aromatic carbocycles. The molecule has 96 valence electrons. The summed E-state index contributed by atoms with van der Waals surface area (Å²) in [6, 6.07) is 10.5. The van der Waals surface area contributed by atoms with Gasteiger partial charge in [0.1, 0.15) is 0 Å². The van der Waals surface area contributed by atoms with Gasteiger partial charge in [0, 0.05) is 30.9 Å². The van der Waals surface area contributed by atoms with Crippen LogP contribution in [0, 0.1) is 0 Å².